The second-order valence-electron chi connectivity index (χ2n) is 5.50. The van der Waals surface area contributed by atoms with Gasteiger partial charge in [0.25, 0.3) is 11.8 Å². The number of carbonyl (C=O) groups is 2. The Bertz CT molecular complexity index is 357. The highest BCUT2D eigenvalue weighted by Gasteiger charge is 2.46. The second-order valence-corrected chi connectivity index (χ2v) is 5.50. The Morgan fingerprint density at radius 3 is 2.00 bits per heavy atom. The molecular weight excluding hydrogens is 226 g/mol. The Hall–Kier alpha value is -1.12. The van der Waals surface area contributed by atoms with E-state index >= 15 is 0 Å². The van der Waals surface area contributed by atoms with Crippen molar-refractivity contribution < 1.29 is 9.59 Å². The second kappa shape index (κ2) is 5.25. The van der Waals surface area contributed by atoms with Gasteiger partial charge in [0, 0.05) is 18.2 Å². The molecule has 2 aliphatic rings. The molecule has 0 radical (unpaired) electrons. The zero-order chi connectivity index (χ0) is 13.3. The number of imide groups is 1. The average Bonchev–Trinajstić information content (AvgIpc) is 2.88. The van der Waals surface area contributed by atoms with E-state index in [0.717, 1.165) is 25.7 Å². The van der Waals surface area contributed by atoms with Crippen LogP contribution in [0.5, 0.6) is 0 Å². The number of rotatable bonds is 4. The number of amides is 2. The summed E-state index contributed by atoms with van der Waals surface area (Å²) in [7, 11) is 0. The lowest BCUT2D eigenvalue weighted by atomic mass is 9.84. The molecule has 1 unspecified atom stereocenters. The van der Waals surface area contributed by atoms with Gasteiger partial charge in [0.15, 0.2) is 0 Å². The fourth-order valence-electron chi connectivity index (χ4n) is 4.01. The third-order valence-electron chi connectivity index (χ3n) is 4.84. The average molecular weight is 249 g/mol. The van der Waals surface area contributed by atoms with E-state index in [4.69, 9.17) is 0 Å². The molecule has 0 saturated heterocycles. The molecule has 3 heteroatoms. The molecule has 0 bridgehead atoms. The Morgan fingerprint density at radius 2 is 1.56 bits per heavy atom. The van der Waals surface area contributed by atoms with Crippen molar-refractivity contribution in [2.45, 2.75) is 52.5 Å². The minimum Gasteiger partial charge on any atom is -0.272 e. The van der Waals surface area contributed by atoms with Crippen LogP contribution in [0.25, 0.3) is 0 Å². The number of hydrogen-bond acceptors (Lipinski definition) is 2. The zero-order valence-corrected chi connectivity index (χ0v) is 11.6. The van der Waals surface area contributed by atoms with Gasteiger partial charge in [-0.05, 0) is 24.2 Å². The molecule has 3 nitrogen and oxygen atoms in total. The van der Waals surface area contributed by atoms with Gasteiger partial charge in [-0.2, -0.15) is 0 Å². The maximum Gasteiger partial charge on any atom is 0.253 e. The third kappa shape index (κ3) is 2.00. The molecule has 1 heterocycles. The predicted octanol–water partition coefficient (Wildman–Crippen LogP) is 2.76. The molecule has 0 spiro atoms. The summed E-state index contributed by atoms with van der Waals surface area (Å²) in [5.41, 5.74) is 0. The highest BCUT2D eigenvalue weighted by atomic mass is 16.2. The summed E-state index contributed by atoms with van der Waals surface area (Å²) in [4.78, 5) is 25.2. The quantitative estimate of drug-likeness (QED) is 0.718. The Kier molecular flexibility index (Phi) is 3.88. The molecule has 2 rings (SSSR count). The normalized spacial score (nSPS) is 35.8. The molecule has 18 heavy (non-hydrogen) atoms. The molecular formula is C15H23NO2. The number of carbonyl (C=O) groups excluding carboxylic acids is 2. The van der Waals surface area contributed by atoms with Gasteiger partial charge in [0.05, 0.1) is 0 Å². The Balaban J connectivity index is 2.22. The third-order valence-corrected chi connectivity index (χ3v) is 4.84. The Morgan fingerprint density at radius 1 is 1.00 bits per heavy atom. The summed E-state index contributed by atoms with van der Waals surface area (Å²) in [6.07, 6.45) is 7.17. The van der Waals surface area contributed by atoms with Crippen molar-refractivity contribution in [3.05, 3.63) is 12.2 Å². The molecule has 2 amide bonds. The molecule has 1 aliphatic carbocycles. The van der Waals surface area contributed by atoms with E-state index in [1.165, 1.54) is 17.1 Å². The van der Waals surface area contributed by atoms with Crippen LogP contribution in [-0.4, -0.2) is 22.8 Å². The van der Waals surface area contributed by atoms with E-state index in [2.05, 4.69) is 20.8 Å². The van der Waals surface area contributed by atoms with Crippen molar-refractivity contribution >= 4 is 11.8 Å². The Labute approximate surface area is 109 Å². The zero-order valence-electron chi connectivity index (χ0n) is 11.6. The summed E-state index contributed by atoms with van der Waals surface area (Å²) in [5, 5.41) is 0. The summed E-state index contributed by atoms with van der Waals surface area (Å²) < 4.78 is 0. The van der Waals surface area contributed by atoms with Crippen LogP contribution in [0.4, 0.5) is 0 Å². The molecule has 1 aliphatic heterocycles. The lowest BCUT2D eigenvalue weighted by Gasteiger charge is -2.29. The van der Waals surface area contributed by atoms with Crippen molar-refractivity contribution in [3.63, 3.8) is 0 Å². The van der Waals surface area contributed by atoms with Crippen LogP contribution in [0.3, 0.4) is 0 Å². The predicted molar refractivity (Wildman–Crippen MR) is 70.7 cm³/mol. The van der Waals surface area contributed by atoms with E-state index in [0.29, 0.717) is 17.8 Å². The minimum atomic E-state index is -0.116. The number of nitrogens with zero attached hydrogens (tertiary/aromatic N) is 1. The lowest BCUT2D eigenvalue weighted by molar-refractivity contribution is -0.140. The monoisotopic (exact) mass is 249 g/mol. The van der Waals surface area contributed by atoms with Crippen molar-refractivity contribution in [2.24, 2.45) is 17.8 Å². The minimum absolute atomic E-state index is 0.116. The molecule has 0 N–H and O–H groups in total. The van der Waals surface area contributed by atoms with Crippen molar-refractivity contribution in [1.29, 1.82) is 0 Å². The van der Waals surface area contributed by atoms with E-state index in [-0.39, 0.29) is 17.9 Å². The van der Waals surface area contributed by atoms with Crippen LogP contribution in [0.1, 0.15) is 46.5 Å². The van der Waals surface area contributed by atoms with Crippen LogP contribution >= 0.6 is 0 Å². The van der Waals surface area contributed by atoms with Crippen LogP contribution in [0, 0.1) is 17.8 Å². The van der Waals surface area contributed by atoms with Gasteiger partial charge in [-0.1, -0.05) is 40.0 Å². The molecule has 0 aromatic heterocycles. The van der Waals surface area contributed by atoms with E-state index in [9.17, 15) is 9.59 Å². The maximum absolute atomic E-state index is 11.8. The summed E-state index contributed by atoms with van der Waals surface area (Å²) >= 11 is 0. The highest BCUT2D eigenvalue weighted by molar-refractivity contribution is 6.13. The summed E-state index contributed by atoms with van der Waals surface area (Å²) in [6, 6.07) is 0.125. The fraction of sp³-hybridized carbons (Fsp3) is 0.733. The molecule has 100 valence electrons. The van der Waals surface area contributed by atoms with Crippen LogP contribution in [0.15, 0.2) is 12.2 Å². The topological polar surface area (TPSA) is 37.4 Å². The highest BCUT2D eigenvalue weighted by Crippen LogP contribution is 2.45. The maximum atomic E-state index is 11.8. The summed E-state index contributed by atoms with van der Waals surface area (Å²) in [6.45, 7) is 6.62. The first-order valence-electron chi connectivity index (χ1n) is 7.19. The van der Waals surface area contributed by atoms with Gasteiger partial charge >= 0.3 is 0 Å². The summed E-state index contributed by atoms with van der Waals surface area (Å²) in [5.74, 6) is 1.57. The van der Waals surface area contributed by atoms with Crippen LogP contribution < -0.4 is 0 Å². The first kappa shape index (κ1) is 13.3. The molecule has 1 fully saturated rings. The van der Waals surface area contributed by atoms with Crippen LogP contribution in [0.2, 0.25) is 0 Å². The largest absolute Gasteiger partial charge is 0.272 e. The molecule has 0 aromatic carbocycles. The van der Waals surface area contributed by atoms with Crippen molar-refractivity contribution in [1.82, 2.24) is 4.90 Å². The lowest BCUT2D eigenvalue weighted by Crippen LogP contribution is -2.42. The first-order valence-corrected chi connectivity index (χ1v) is 7.19. The molecule has 4 atom stereocenters. The van der Waals surface area contributed by atoms with Gasteiger partial charge in [-0.25, -0.2) is 0 Å². The standard InChI is InChI=1S/C15H23NO2/c1-4-10-9-13(12(6-3)11(10)5-2)16-14(17)7-8-15(16)18/h7-8,10-13H,4-6,9H2,1-3H3/t10?,11-,12+,13-/m0/s1. The smallest absolute Gasteiger partial charge is 0.253 e. The van der Waals surface area contributed by atoms with Gasteiger partial charge in [0.2, 0.25) is 0 Å². The van der Waals surface area contributed by atoms with Crippen molar-refractivity contribution in [2.75, 3.05) is 0 Å². The van der Waals surface area contributed by atoms with Gasteiger partial charge in [-0.15, -0.1) is 0 Å². The van der Waals surface area contributed by atoms with E-state index in [1.54, 1.807) is 0 Å². The molecule has 1 saturated carbocycles. The van der Waals surface area contributed by atoms with Crippen molar-refractivity contribution in [3.8, 4) is 0 Å². The van der Waals surface area contributed by atoms with Gasteiger partial charge in [0.1, 0.15) is 0 Å². The van der Waals surface area contributed by atoms with E-state index in [1.807, 2.05) is 0 Å². The first-order chi connectivity index (χ1) is 8.63. The van der Waals surface area contributed by atoms with E-state index < -0.39 is 0 Å². The molecule has 0 aromatic rings. The number of hydrogen-bond donors (Lipinski definition) is 0. The van der Waals surface area contributed by atoms with Gasteiger partial charge < -0.3 is 0 Å². The SMILES string of the molecule is CCC1C[C@H](N2C(=O)C=CC2=O)[C@H](CC)[C@H]1CC. The van der Waals surface area contributed by atoms with Gasteiger partial charge in [-0.3, -0.25) is 14.5 Å². The fourth-order valence-corrected chi connectivity index (χ4v) is 4.01. The van der Waals surface area contributed by atoms with Crippen LogP contribution in [-0.2, 0) is 9.59 Å².